The molecule has 0 fully saturated rings. The second-order valence-corrected chi connectivity index (χ2v) is 37.0. The fraction of sp³-hybridized carbons (Fsp3) is 0. The maximum Gasteiger partial charge on any atom is 0.179 e. The van der Waals surface area contributed by atoms with Crippen LogP contribution < -0.4 is 4.90 Å². The van der Waals surface area contributed by atoms with Crippen LogP contribution in [0, 0.1) is 0 Å². The summed E-state index contributed by atoms with van der Waals surface area (Å²) in [5.41, 5.74) is 19.4. The van der Waals surface area contributed by atoms with E-state index >= 15 is 0 Å². The Morgan fingerprint density at radius 3 is 0.866 bits per heavy atom. The molecule has 0 atom stereocenters. The van der Waals surface area contributed by atoms with Gasteiger partial charge in [-0.15, -0.1) is 34.0 Å². The third kappa shape index (κ3) is 13.7. The minimum absolute atomic E-state index is 0.618. The first-order valence-corrected chi connectivity index (χ1v) is 47.2. The number of rotatable bonds is 10. The fourth-order valence-corrected chi connectivity index (χ4v) is 22.8. The van der Waals surface area contributed by atoms with E-state index in [4.69, 9.17) is 44.9 Å². The molecule has 0 saturated heterocycles. The predicted molar refractivity (Wildman–Crippen MR) is 566 cm³/mol. The van der Waals surface area contributed by atoms with Gasteiger partial charge in [0.1, 0.15) is 17.1 Å². The topological polar surface area (TPSA) is 119 Å². The fourth-order valence-electron chi connectivity index (χ4n) is 19.4. The summed E-state index contributed by atoms with van der Waals surface area (Å²) in [7, 11) is 0. The van der Waals surface area contributed by atoms with Gasteiger partial charge in [0.15, 0.2) is 17.5 Å². The molecule has 0 radical (unpaired) electrons. The summed E-state index contributed by atoms with van der Waals surface area (Å²) in [5.74, 6) is 1.89. The van der Waals surface area contributed by atoms with E-state index in [0.29, 0.717) is 17.5 Å². The summed E-state index contributed by atoms with van der Waals surface area (Å²) in [6.07, 6.45) is 0. The molecule has 0 bridgehead atoms. The van der Waals surface area contributed by atoms with E-state index in [-0.39, 0.29) is 0 Å². The quantitative estimate of drug-likeness (QED) is 0.122. The summed E-state index contributed by atoms with van der Waals surface area (Å²) >= 11 is 5.44. The Hall–Kier alpha value is -17.1. The first-order chi connectivity index (χ1) is 66.4. The third-order valence-corrected chi connectivity index (χ3v) is 29.1. The van der Waals surface area contributed by atoms with Crippen molar-refractivity contribution >= 4 is 220 Å². The zero-order valence-electron chi connectivity index (χ0n) is 71.8. The average molecular weight is 1760 g/mol. The van der Waals surface area contributed by atoms with Crippen molar-refractivity contribution in [2.45, 2.75) is 0 Å². The number of thiophene rings is 3. The van der Waals surface area contributed by atoms with E-state index in [9.17, 15) is 0 Å². The normalized spacial score (nSPS) is 11.7. The number of aromatic nitrogens is 9. The van der Waals surface area contributed by atoms with Crippen molar-refractivity contribution in [3.8, 4) is 79.5 Å². The van der Waals surface area contributed by atoms with Gasteiger partial charge in [-0.25, -0.2) is 44.9 Å². The Balaban J connectivity index is 0.000000105. The molecule has 0 aliphatic rings. The minimum Gasteiger partial charge on any atom is -0.311 e. The molecule has 0 unspecified atom stereocenters. The highest BCUT2D eigenvalue weighted by molar-refractivity contribution is 7.26. The molecule has 28 rings (SSSR count). The molecule has 0 aliphatic heterocycles. The molecular weight excluding hydrogens is 1690 g/mol. The summed E-state index contributed by atoms with van der Waals surface area (Å²) in [4.78, 5) is 49.2. The largest absolute Gasteiger partial charge is 0.311 e. The SMILES string of the molecule is c1ccc(-c2cccc(-c3nc(-c4nc5cc6sc7ccccc7c6cc5c5ccccc45)nc4ccccc34)c2)cc1.c1ccc(N(c2ccccc2)c2ccc(-c3nc(-c4nc5cc6sc7ccccc7c6cc5c5ccccc45)nc4ccccc34)cc2)cc1.c1ccc2cc(-c3nc(-c4nc5cc6sc7ccccc7c6cc5c5ccccc45)nc4ccccc34)ccc2c1. The molecule has 28 aromatic rings. The molecule has 10 nitrogen and oxygen atoms in total. The molecule has 0 spiro atoms. The van der Waals surface area contributed by atoms with E-state index in [1.54, 1.807) is 0 Å². The molecule has 0 saturated carbocycles. The van der Waals surface area contributed by atoms with Crippen molar-refractivity contribution in [1.29, 1.82) is 0 Å². The lowest BCUT2D eigenvalue weighted by Gasteiger charge is -2.25. The summed E-state index contributed by atoms with van der Waals surface area (Å²) < 4.78 is 7.57. The Labute approximate surface area is 780 Å². The van der Waals surface area contributed by atoms with Gasteiger partial charge < -0.3 is 4.90 Å². The summed E-state index contributed by atoms with van der Waals surface area (Å²) in [6.45, 7) is 0. The first-order valence-electron chi connectivity index (χ1n) is 44.8. The number of benzene rings is 19. The van der Waals surface area contributed by atoms with Crippen molar-refractivity contribution in [3.05, 3.63) is 437 Å². The van der Waals surface area contributed by atoms with Crippen molar-refractivity contribution in [2.24, 2.45) is 0 Å². The zero-order chi connectivity index (χ0) is 88.3. The maximum atomic E-state index is 5.31. The van der Waals surface area contributed by atoms with E-state index < -0.39 is 0 Å². The summed E-state index contributed by atoms with van der Waals surface area (Å²) in [5, 5.41) is 23.2. The maximum absolute atomic E-state index is 5.31. The van der Waals surface area contributed by atoms with Crippen LogP contribution in [0.25, 0.3) is 248 Å². The van der Waals surface area contributed by atoms with Gasteiger partial charge in [-0.1, -0.05) is 315 Å². The molecule has 624 valence electrons. The van der Waals surface area contributed by atoms with Crippen molar-refractivity contribution in [2.75, 3.05) is 4.90 Å². The molecule has 9 heterocycles. The van der Waals surface area contributed by atoms with E-state index in [0.717, 1.165) is 171 Å². The van der Waals surface area contributed by atoms with Gasteiger partial charge in [-0.3, -0.25) is 0 Å². The van der Waals surface area contributed by atoms with Crippen LogP contribution in [0.15, 0.2) is 437 Å². The zero-order valence-corrected chi connectivity index (χ0v) is 74.2. The lowest BCUT2D eigenvalue weighted by molar-refractivity contribution is 1.20. The van der Waals surface area contributed by atoms with Crippen LogP contribution in [0.3, 0.4) is 0 Å². The number of anilines is 3. The number of pyridine rings is 3. The second kappa shape index (κ2) is 32.5. The smallest absolute Gasteiger partial charge is 0.179 e. The van der Waals surface area contributed by atoms with Crippen LogP contribution in [0.1, 0.15) is 0 Å². The van der Waals surface area contributed by atoms with E-state index in [1.165, 1.54) is 76.9 Å². The van der Waals surface area contributed by atoms with Crippen molar-refractivity contribution in [3.63, 3.8) is 0 Å². The minimum atomic E-state index is 0.618. The van der Waals surface area contributed by atoms with Gasteiger partial charge in [0.05, 0.1) is 50.2 Å². The van der Waals surface area contributed by atoms with Gasteiger partial charge in [-0.2, -0.15) is 0 Å². The van der Waals surface area contributed by atoms with Crippen LogP contribution in [0.2, 0.25) is 0 Å². The molecule has 0 amide bonds. The molecule has 13 heteroatoms. The van der Waals surface area contributed by atoms with Crippen LogP contribution in [-0.2, 0) is 0 Å². The average Bonchev–Trinajstić information content (AvgIpc) is 1.38. The first kappa shape index (κ1) is 78.0. The van der Waals surface area contributed by atoms with Gasteiger partial charge in [-0.05, 0) is 159 Å². The molecular formula is C121H72N10S3. The van der Waals surface area contributed by atoms with Gasteiger partial charge in [0.25, 0.3) is 0 Å². The van der Waals surface area contributed by atoms with Crippen LogP contribution in [-0.4, -0.2) is 44.9 Å². The highest BCUT2D eigenvalue weighted by Crippen LogP contribution is 2.47. The molecule has 0 N–H and O–H groups in total. The number of fused-ring (bicyclic) bond motifs is 22. The van der Waals surface area contributed by atoms with Gasteiger partial charge in [0.2, 0.25) is 0 Å². The Bertz CT molecular complexity index is 9580. The van der Waals surface area contributed by atoms with Gasteiger partial charge >= 0.3 is 0 Å². The molecule has 0 aliphatic carbocycles. The lowest BCUT2D eigenvalue weighted by atomic mass is 9.99. The number of hydrogen-bond acceptors (Lipinski definition) is 13. The van der Waals surface area contributed by atoms with E-state index in [1.807, 2.05) is 70.4 Å². The van der Waals surface area contributed by atoms with E-state index in [2.05, 4.69) is 405 Å². The molecule has 9 aromatic heterocycles. The molecule has 19 aromatic carbocycles. The van der Waals surface area contributed by atoms with Gasteiger partial charge in [0, 0.05) is 143 Å². The summed E-state index contributed by atoms with van der Waals surface area (Å²) in [6, 6.07) is 153. The Morgan fingerprint density at radius 1 is 0.142 bits per heavy atom. The Kier molecular flexibility index (Phi) is 18.9. The van der Waals surface area contributed by atoms with Crippen molar-refractivity contribution in [1.82, 2.24) is 44.9 Å². The van der Waals surface area contributed by atoms with Crippen LogP contribution in [0.5, 0.6) is 0 Å². The number of hydrogen-bond donors (Lipinski definition) is 0. The standard InChI is InChI=1S/C45H28N4S.C39H23N3S.C37H21N3S/c1-3-13-30(14-4-1)49(31-15-5-2-6-16-31)32-25-23-29(24-26-32)43-36-20-9-11-21-39(36)47-45(48-43)44-35-19-8-7-17-33(35)37-27-38-34-18-10-12-22-41(34)50-42(38)28-40(37)46-44;1-2-11-24(12-3-1)25-13-10-14-26(21-25)37-30-18-6-8-19-33(30)41-39(42-37)38-29-17-5-4-15-27(29)31-22-32-28-16-7-9-20-35(28)43-36(32)23-34(31)40-38;1-2-10-23-19-24(18-17-22(23)9-1)35-28-14-5-7-15-31(28)39-37(40-35)36-27-13-4-3-11-25(27)29-20-30-26-12-6-8-16-33(26)41-34(30)21-32(29)38-36/h1-28H;1-23H;1-21H. The third-order valence-electron chi connectivity index (χ3n) is 25.7. The Morgan fingerprint density at radius 2 is 0.448 bits per heavy atom. The van der Waals surface area contributed by atoms with Crippen LogP contribution in [0.4, 0.5) is 17.1 Å². The second-order valence-electron chi connectivity index (χ2n) is 33.7. The monoisotopic (exact) mass is 1760 g/mol. The highest BCUT2D eigenvalue weighted by Gasteiger charge is 2.25. The highest BCUT2D eigenvalue weighted by atomic mass is 32.1. The number of nitrogens with zero attached hydrogens (tertiary/aromatic N) is 10. The van der Waals surface area contributed by atoms with Crippen molar-refractivity contribution < 1.29 is 0 Å². The molecule has 134 heavy (non-hydrogen) atoms. The lowest BCUT2D eigenvalue weighted by Crippen LogP contribution is -2.09. The predicted octanol–water partition coefficient (Wildman–Crippen LogP) is 33.4. The number of para-hydroxylation sites is 5. The van der Waals surface area contributed by atoms with Crippen LogP contribution >= 0.6 is 34.0 Å².